The van der Waals surface area contributed by atoms with Gasteiger partial charge in [-0.1, -0.05) is 24.3 Å². The molecule has 0 radical (unpaired) electrons. The van der Waals surface area contributed by atoms with Gasteiger partial charge in [0.25, 0.3) is 0 Å². The SMILES string of the molecule is Cl.Cn1ccnc1C1CNCCN1C(=O)C1SCCc2ccccc21. The van der Waals surface area contributed by atoms with Crippen molar-refractivity contribution in [1.29, 1.82) is 0 Å². The van der Waals surface area contributed by atoms with Gasteiger partial charge in [0.05, 0.1) is 0 Å². The lowest BCUT2D eigenvalue weighted by molar-refractivity contribution is -0.134. The van der Waals surface area contributed by atoms with Gasteiger partial charge in [0.15, 0.2) is 0 Å². The summed E-state index contributed by atoms with van der Waals surface area (Å²) in [6.45, 7) is 2.33. The number of aryl methyl sites for hydroxylation is 2. The van der Waals surface area contributed by atoms with Gasteiger partial charge in [-0.15, -0.1) is 24.2 Å². The summed E-state index contributed by atoms with van der Waals surface area (Å²) in [5.41, 5.74) is 2.51. The van der Waals surface area contributed by atoms with Gasteiger partial charge in [-0.3, -0.25) is 4.79 Å². The summed E-state index contributed by atoms with van der Waals surface area (Å²) < 4.78 is 2.01. The van der Waals surface area contributed by atoms with E-state index in [1.807, 2.05) is 28.8 Å². The van der Waals surface area contributed by atoms with Gasteiger partial charge in [0.1, 0.15) is 17.1 Å². The Bertz CT molecular complexity index is 750. The van der Waals surface area contributed by atoms with E-state index in [-0.39, 0.29) is 29.6 Å². The van der Waals surface area contributed by atoms with E-state index in [4.69, 9.17) is 0 Å². The summed E-state index contributed by atoms with van der Waals surface area (Å²) in [5.74, 6) is 2.18. The Hall–Kier alpha value is -1.50. The summed E-state index contributed by atoms with van der Waals surface area (Å²) >= 11 is 1.77. The zero-order valence-electron chi connectivity index (χ0n) is 14.2. The summed E-state index contributed by atoms with van der Waals surface area (Å²) in [5, 5.41) is 3.32. The van der Waals surface area contributed by atoms with Crippen LogP contribution in [0.1, 0.15) is 28.2 Å². The third kappa shape index (κ3) is 3.43. The summed E-state index contributed by atoms with van der Waals surface area (Å²) in [7, 11) is 1.99. The second-order valence-corrected chi connectivity index (χ2v) is 7.56. The molecule has 2 aliphatic rings. The largest absolute Gasteiger partial charge is 0.336 e. The number of aromatic nitrogens is 2. The van der Waals surface area contributed by atoms with E-state index < -0.39 is 0 Å². The number of amides is 1. The third-order valence-corrected chi connectivity index (χ3v) is 6.13. The normalized spacial score (nSPS) is 22.8. The zero-order valence-corrected chi connectivity index (χ0v) is 15.9. The van der Waals surface area contributed by atoms with Crippen LogP contribution < -0.4 is 5.32 Å². The van der Waals surface area contributed by atoms with Crippen LogP contribution >= 0.6 is 24.2 Å². The maximum atomic E-state index is 13.4. The number of piperazine rings is 1. The minimum absolute atomic E-state index is 0. The molecule has 1 N–H and O–H groups in total. The van der Waals surface area contributed by atoms with E-state index in [1.165, 1.54) is 11.1 Å². The smallest absolute Gasteiger partial charge is 0.240 e. The molecule has 3 heterocycles. The first-order chi connectivity index (χ1) is 11.8. The first-order valence-corrected chi connectivity index (χ1v) is 9.48. The molecule has 1 aromatic heterocycles. The Labute approximate surface area is 158 Å². The number of hydrogen-bond donors (Lipinski definition) is 1. The minimum atomic E-state index is -0.0872. The Morgan fingerprint density at radius 3 is 3.00 bits per heavy atom. The number of rotatable bonds is 2. The number of benzene rings is 1. The molecule has 0 spiro atoms. The van der Waals surface area contributed by atoms with Gasteiger partial charge < -0.3 is 14.8 Å². The highest BCUT2D eigenvalue weighted by Gasteiger charge is 2.36. The van der Waals surface area contributed by atoms with E-state index in [9.17, 15) is 4.79 Å². The summed E-state index contributed by atoms with van der Waals surface area (Å²) in [4.78, 5) is 19.9. The molecule has 25 heavy (non-hydrogen) atoms. The summed E-state index contributed by atoms with van der Waals surface area (Å²) in [6, 6.07) is 8.38. The third-order valence-electron chi connectivity index (χ3n) is 4.90. The highest BCUT2D eigenvalue weighted by molar-refractivity contribution is 8.00. The molecule has 134 valence electrons. The van der Waals surface area contributed by atoms with Crippen molar-refractivity contribution < 1.29 is 4.79 Å². The van der Waals surface area contributed by atoms with Crippen LogP contribution in [0.3, 0.4) is 0 Å². The lowest BCUT2D eigenvalue weighted by Gasteiger charge is -2.38. The van der Waals surface area contributed by atoms with Gasteiger partial charge in [0.2, 0.25) is 5.91 Å². The molecule has 1 saturated heterocycles. The topological polar surface area (TPSA) is 50.2 Å². The van der Waals surface area contributed by atoms with Gasteiger partial charge >= 0.3 is 0 Å². The number of hydrogen-bond acceptors (Lipinski definition) is 4. The molecule has 4 rings (SSSR count). The zero-order chi connectivity index (χ0) is 16.5. The first kappa shape index (κ1) is 18.3. The second kappa shape index (κ2) is 7.81. The highest BCUT2D eigenvalue weighted by Crippen LogP contribution is 2.39. The van der Waals surface area contributed by atoms with E-state index in [1.54, 1.807) is 18.0 Å². The van der Waals surface area contributed by atoms with Crippen LogP contribution in [0.15, 0.2) is 36.7 Å². The van der Waals surface area contributed by atoms with Crippen LogP contribution in [0.5, 0.6) is 0 Å². The van der Waals surface area contributed by atoms with Crippen molar-refractivity contribution in [1.82, 2.24) is 19.8 Å². The number of nitrogens with zero attached hydrogens (tertiary/aromatic N) is 3. The van der Waals surface area contributed by atoms with E-state index in [2.05, 4.69) is 28.5 Å². The number of carbonyl (C=O) groups is 1. The predicted octanol–water partition coefficient (Wildman–Crippen LogP) is 2.35. The number of halogens is 1. The lowest BCUT2D eigenvalue weighted by atomic mass is 10.00. The van der Waals surface area contributed by atoms with Crippen molar-refractivity contribution in [3.05, 3.63) is 53.6 Å². The van der Waals surface area contributed by atoms with Crippen molar-refractivity contribution in [3.63, 3.8) is 0 Å². The maximum absolute atomic E-state index is 13.4. The predicted molar refractivity (Wildman–Crippen MR) is 103 cm³/mol. The van der Waals surface area contributed by atoms with Crippen LogP contribution in [0, 0.1) is 0 Å². The van der Waals surface area contributed by atoms with Crippen molar-refractivity contribution in [2.24, 2.45) is 7.05 Å². The number of thioether (sulfide) groups is 1. The molecule has 0 aliphatic carbocycles. The maximum Gasteiger partial charge on any atom is 0.240 e. The molecule has 0 saturated carbocycles. The average molecular weight is 379 g/mol. The Balaban J connectivity index is 0.00000182. The molecule has 1 fully saturated rings. The molecule has 2 aliphatic heterocycles. The van der Waals surface area contributed by atoms with Crippen LogP contribution in [0.2, 0.25) is 0 Å². The average Bonchev–Trinajstić information content (AvgIpc) is 3.06. The lowest BCUT2D eigenvalue weighted by Crippen LogP contribution is -2.50. The standard InChI is InChI=1S/C18H22N4OS.ClH/c1-21-9-8-20-17(21)15-12-19-7-10-22(15)18(23)16-14-5-3-2-4-13(14)6-11-24-16;/h2-5,8-9,15-16,19H,6-7,10-12H2,1H3;1H. The Morgan fingerprint density at radius 1 is 1.36 bits per heavy atom. The Morgan fingerprint density at radius 2 is 2.20 bits per heavy atom. The minimum Gasteiger partial charge on any atom is -0.336 e. The number of imidazole rings is 1. The van der Waals surface area contributed by atoms with Crippen LogP contribution in [-0.2, 0) is 18.3 Å². The van der Waals surface area contributed by atoms with Gasteiger partial charge in [-0.05, 0) is 23.3 Å². The molecule has 1 aromatic carbocycles. The fourth-order valence-corrected chi connectivity index (χ4v) is 4.91. The number of carbonyl (C=O) groups excluding carboxylic acids is 1. The molecule has 2 aromatic rings. The fraction of sp³-hybridized carbons (Fsp3) is 0.444. The molecule has 2 unspecified atom stereocenters. The number of fused-ring (bicyclic) bond motifs is 1. The van der Waals surface area contributed by atoms with Gasteiger partial charge in [-0.2, -0.15) is 0 Å². The van der Waals surface area contributed by atoms with Gasteiger partial charge in [0, 0.05) is 39.1 Å². The molecular formula is C18H23ClN4OS. The second-order valence-electron chi connectivity index (χ2n) is 6.35. The van der Waals surface area contributed by atoms with Crippen molar-refractivity contribution in [3.8, 4) is 0 Å². The molecular weight excluding hydrogens is 356 g/mol. The van der Waals surface area contributed by atoms with Crippen LogP contribution in [0.25, 0.3) is 0 Å². The first-order valence-electron chi connectivity index (χ1n) is 8.43. The van der Waals surface area contributed by atoms with Crippen LogP contribution in [0.4, 0.5) is 0 Å². The quantitative estimate of drug-likeness (QED) is 0.871. The monoisotopic (exact) mass is 378 g/mol. The molecule has 0 bridgehead atoms. The highest BCUT2D eigenvalue weighted by atomic mass is 35.5. The molecule has 2 atom stereocenters. The van der Waals surface area contributed by atoms with E-state index in [0.717, 1.165) is 37.6 Å². The van der Waals surface area contributed by atoms with E-state index in [0.29, 0.717) is 0 Å². The number of nitrogens with one attached hydrogen (secondary N) is 1. The van der Waals surface area contributed by atoms with Crippen molar-refractivity contribution >= 4 is 30.1 Å². The van der Waals surface area contributed by atoms with Crippen molar-refractivity contribution in [2.45, 2.75) is 17.7 Å². The summed E-state index contributed by atoms with van der Waals surface area (Å²) in [6.07, 6.45) is 4.80. The Kier molecular flexibility index (Phi) is 5.71. The van der Waals surface area contributed by atoms with Gasteiger partial charge in [-0.25, -0.2) is 4.98 Å². The van der Waals surface area contributed by atoms with Crippen LogP contribution in [-0.4, -0.2) is 45.7 Å². The van der Waals surface area contributed by atoms with Crippen molar-refractivity contribution in [2.75, 3.05) is 25.4 Å². The molecule has 7 heteroatoms. The molecule has 5 nitrogen and oxygen atoms in total. The van der Waals surface area contributed by atoms with E-state index >= 15 is 0 Å². The fourth-order valence-electron chi connectivity index (χ4n) is 3.65. The molecule has 1 amide bonds.